The molecular formula is C16H20BrN3O4S2. The Labute approximate surface area is 168 Å². The molecule has 0 aliphatic carbocycles. The monoisotopic (exact) mass is 461 g/mol. The number of thioether (sulfide) groups is 1. The highest BCUT2D eigenvalue weighted by atomic mass is 79.9. The highest BCUT2D eigenvalue weighted by Gasteiger charge is 2.23. The van der Waals surface area contributed by atoms with E-state index in [-0.39, 0.29) is 5.91 Å². The van der Waals surface area contributed by atoms with E-state index in [0.717, 1.165) is 22.9 Å². The molecule has 0 saturated carbocycles. The van der Waals surface area contributed by atoms with Crippen molar-refractivity contribution >= 4 is 50.1 Å². The number of hydrogen-bond donors (Lipinski definition) is 1. The first kappa shape index (κ1) is 20.8. The van der Waals surface area contributed by atoms with E-state index in [1.54, 1.807) is 17.8 Å². The minimum atomic E-state index is -0.350. The van der Waals surface area contributed by atoms with Gasteiger partial charge in [0.1, 0.15) is 0 Å². The summed E-state index contributed by atoms with van der Waals surface area (Å²) in [5.41, 5.74) is 0.342. The average Bonchev–Trinajstić information content (AvgIpc) is 3.08. The first-order valence-electron chi connectivity index (χ1n) is 7.81. The largest absolute Gasteiger partial charge is 0.493 e. The maximum absolute atomic E-state index is 12.7. The predicted molar refractivity (Wildman–Crippen MR) is 107 cm³/mol. The highest BCUT2D eigenvalue weighted by Crippen LogP contribution is 2.44. The minimum Gasteiger partial charge on any atom is -0.493 e. The van der Waals surface area contributed by atoms with Crippen LogP contribution in [0.4, 0.5) is 5.13 Å². The van der Waals surface area contributed by atoms with Crippen LogP contribution in [0.25, 0.3) is 0 Å². The van der Waals surface area contributed by atoms with E-state index in [1.165, 1.54) is 32.7 Å². The molecule has 2 aromatic rings. The summed E-state index contributed by atoms with van der Waals surface area (Å²) < 4.78 is 17.3. The second-order valence-corrected chi connectivity index (χ2v) is 8.15. The molecule has 7 nitrogen and oxygen atoms in total. The summed E-state index contributed by atoms with van der Waals surface area (Å²) in [4.78, 5) is 12.7. The summed E-state index contributed by atoms with van der Waals surface area (Å²) in [6.07, 6.45) is 2.24. The first-order chi connectivity index (χ1) is 12.5. The maximum atomic E-state index is 12.7. The molecule has 26 heavy (non-hydrogen) atoms. The number of hydrogen-bond acceptors (Lipinski definition) is 8. The van der Waals surface area contributed by atoms with Crippen molar-refractivity contribution in [3.05, 3.63) is 16.1 Å². The number of rotatable bonds is 9. The molecule has 1 aromatic carbocycles. The Morgan fingerprint density at radius 1 is 1.23 bits per heavy atom. The van der Waals surface area contributed by atoms with Gasteiger partial charge in [-0.3, -0.25) is 10.1 Å². The van der Waals surface area contributed by atoms with E-state index < -0.39 is 0 Å². The van der Waals surface area contributed by atoms with E-state index in [9.17, 15) is 4.79 Å². The van der Waals surface area contributed by atoms with Gasteiger partial charge in [0.2, 0.25) is 10.9 Å². The zero-order chi connectivity index (χ0) is 19.1. The molecule has 1 N–H and O–H groups in total. The molecule has 0 atom stereocenters. The average molecular weight is 462 g/mol. The van der Waals surface area contributed by atoms with Crippen LogP contribution in [0.15, 0.2) is 14.9 Å². The van der Waals surface area contributed by atoms with Crippen molar-refractivity contribution < 1.29 is 19.0 Å². The van der Waals surface area contributed by atoms with Gasteiger partial charge in [0, 0.05) is 5.75 Å². The van der Waals surface area contributed by atoms with Gasteiger partial charge in [-0.1, -0.05) is 36.4 Å². The number of nitrogens with one attached hydrogen (secondary N) is 1. The normalized spacial score (nSPS) is 10.5. The van der Waals surface area contributed by atoms with Crippen molar-refractivity contribution in [3.8, 4) is 17.2 Å². The van der Waals surface area contributed by atoms with Crippen molar-refractivity contribution in [2.24, 2.45) is 0 Å². The van der Waals surface area contributed by atoms with Crippen molar-refractivity contribution in [1.29, 1.82) is 0 Å². The number of amides is 1. The number of ether oxygens (including phenoxy) is 3. The van der Waals surface area contributed by atoms with Crippen LogP contribution in [0.2, 0.25) is 0 Å². The number of anilines is 1. The second kappa shape index (κ2) is 9.98. The van der Waals surface area contributed by atoms with Gasteiger partial charge in [-0.2, -0.15) is 0 Å². The van der Waals surface area contributed by atoms with Crippen LogP contribution in [0, 0.1) is 0 Å². The van der Waals surface area contributed by atoms with Crippen molar-refractivity contribution in [2.75, 3.05) is 32.4 Å². The number of methoxy groups -OCH3 is 3. The summed E-state index contributed by atoms with van der Waals surface area (Å²) >= 11 is 6.38. The number of carbonyl (C=O) groups excluding carboxylic acids is 1. The summed E-state index contributed by atoms with van der Waals surface area (Å²) in [5.74, 6) is 1.81. The number of halogens is 1. The number of unbranched alkanes of at least 4 members (excludes halogenated alkanes) is 1. The standard InChI is InChI=1S/C16H20BrN3O4S2/c1-5-6-7-25-16-20-19-15(26-16)18-14(21)9-8-10(22-2)12(23-3)13(24-4)11(9)17/h8H,5-7H2,1-4H3,(H,18,19,21). The van der Waals surface area contributed by atoms with Crippen LogP contribution >= 0.6 is 39.0 Å². The van der Waals surface area contributed by atoms with E-state index in [4.69, 9.17) is 14.2 Å². The summed E-state index contributed by atoms with van der Waals surface area (Å²) in [6.45, 7) is 2.14. The summed E-state index contributed by atoms with van der Waals surface area (Å²) in [5, 5.41) is 11.3. The number of aromatic nitrogens is 2. The molecule has 0 bridgehead atoms. The Balaban J connectivity index is 2.22. The highest BCUT2D eigenvalue weighted by molar-refractivity contribution is 9.10. The Morgan fingerprint density at radius 3 is 2.58 bits per heavy atom. The molecule has 1 amide bonds. The molecule has 1 heterocycles. The van der Waals surface area contributed by atoms with Gasteiger partial charge in [0.15, 0.2) is 15.8 Å². The zero-order valence-corrected chi connectivity index (χ0v) is 18.1. The molecule has 0 saturated heterocycles. The molecule has 10 heteroatoms. The van der Waals surface area contributed by atoms with Gasteiger partial charge in [-0.05, 0) is 28.4 Å². The third-order valence-electron chi connectivity index (χ3n) is 3.36. The lowest BCUT2D eigenvalue weighted by molar-refractivity contribution is 0.102. The van der Waals surface area contributed by atoms with E-state index >= 15 is 0 Å². The lowest BCUT2D eigenvalue weighted by Crippen LogP contribution is -2.13. The fraction of sp³-hybridized carbons (Fsp3) is 0.438. The van der Waals surface area contributed by atoms with Crippen LogP contribution in [-0.2, 0) is 0 Å². The lowest BCUT2D eigenvalue weighted by Gasteiger charge is -2.16. The van der Waals surface area contributed by atoms with Crippen LogP contribution in [-0.4, -0.2) is 43.2 Å². The molecule has 0 aliphatic heterocycles. The zero-order valence-electron chi connectivity index (χ0n) is 14.9. The SMILES string of the molecule is CCCCSc1nnc(NC(=O)c2cc(OC)c(OC)c(OC)c2Br)s1. The van der Waals surface area contributed by atoms with Gasteiger partial charge in [-0.15, -0.1) is 10.2 Å². The lowest BCUT2D eigenvalue weighted by atomic mass is 10.1. The minimum absolute atomic E-state index is 0.342. The third kappa shape index (κ3) is 4.80. The van der Waals surface area contributed by atoms with E-state index in [1.807, 2.05) is 0 Å². The van der Waals surface area contributed by atoms with Gasteiger partial charge in [0.05, 0.1) is 31.4 Å². The number of nitrogens with zero attached hydrogens (tertiary/aromatic N) is 2. The van der Waals surface area contributed by atoms with Gasteiger partial charge >= 0.3 is 0 Å². The molecule has 0 spiro atoms. The molecular weight excluding hydrogens is 442 g/mol. The molecule has 0 unspecified atom stereocenters. The topological polar surface area (TPSA) is 82.6 Å². The number of benzene rings is 1. The molecule has 0 radical (unpaired) electrons. The van der Waals surface area contributed by atoms with E-state index in [0.29, 0.717) is 32.4 Å². The fourth-order valence-electron chi connectivity index (χ4n) is 2.07. The second-order valence-electron chi connectivity index (χ2n) is 5.04. The van der Waals surface area contributed by atoms with E-state index in [2.05, 4.69) is 38.4 Å². The summed E-state index contributed by atoms with van der Waals surface area (Å²) in [7, 11) is 4.50. The molecule has 0 fully saturated rings. The van der Waals surface area contributed by atoms with Gasteiger partial charge in [0.25, 0.3) is 5.91 Å². The van der Waals surface area contributed by atoms with Crippen LogP contribution < -0.4 is 19.5 Å². The Bertz CT molecular complexity index is 770. The molecule has 142 valence electrons. The van der Waals surface area contributed by atoms with Crippen LogP contribution in [0.5, 0.6) is 17.2 Å². The quantitative estimate of drug-likeness (QED) is 0.335. The third-order valence-corrected chi connectivity index (χ3v) is 6.21. The molecule has 0 aliphatic rings. The smallest absolute Gasteiger partial charge is 0.258 e. The van der Waals surface area contributed by atoms with Crippen LogP contribution in [0.1, 0.15) is 30.1 Å². The Kier molecular flexibility index (Phi) is 7.98. The summed E-state index contributed by atoms with van der Waals surface area (Å²) in [6, 6.07) is 1.58. The van der Waals surface area contributed by atoms with Gasteiger partial charge < -0.3 is 14.2 Å². The molecule has 1 aromatic heterocycles. The fourth-order valence-corrected chi connectivity index (χ4v) is 4.61. The first-order valence-corrected chi connectivity index (χ1v) is 10.4. The van der Waals surface area contributed by atoms with Crippen molar-refractivity contribution in [1.82, 2.24) is 10.2 Å². The Morgan fingerprint density at radius 2 is 1.96 bits per heavy atom. The van der Waals surface area contributed by atoms with Crippen molar-refractivity contribution in [3.63, 3.8) is 0 Å². The molecule has 2 rings (SSSR count). The predicted octanol–water partition coefficient (Wildman–Crippen LogP) is 4.47. The van der Waals surface area contributed by atoms with Crippen molar-refractivity contribution in [2.45, 2.75) is 24.1 Å². The van der Waals surface area contributed by atoms with Gasteiger partial charge in [-0.25, -0.2) is 0 Å². The Hall–Kier alpha value is -1.52. The van der Waals surface area contributed by atoms with Crippen LogP contribution in [0.3, 0.4) is 0 Å². The maximum Gasteiger partial charge on any atom is 0.258 e. The number of carbonyl (C=O) groups is 1.